The number of fused-ring (bicyclic) bond motifs is 1. The predicted molar refractivity (Wildman–Crippen MR) is 40.6 cm³/mol. The molecule has 3 heteroatoms. The summed E-state index contributed by atoms with van der Waals surface area (Å²) in [5.74, 6) is -0.300. The van der Waals surface area contributed by atoms with E-state index in [1.165, 1.54) is 18.4 Å². The first kappa shape index (κ1) is 6.22. The van der Waals surface area contributed by atoms with Crippen molar-refractivity contribution in [3.8, 4) is 0 Å². The highest BCUT2D eigenvalue weighted by Crippen LogP contribution is 2.23. The van der Waals surface area contributed by atoms with E-state index in [-0.39, 0.29) is 5.82 Å². The van der Waals surface area contributed by atoms with Gasteiger partial charge in [0.15, 0.2) is 0 Å². The summed E-state index contributed by atoms with van der Waals surface area (Å²) in [6.07, 6.45) is 1.41. The van der Waals surface area contributed by atoms with Gasteiger partial charge in [-0.3, -0.25) is 0 Å². The van der Waals surface area contributed by atoms with Gasteiger partial charge in [-0.25, -0.2) is 4.39 Å². The molecule has 0 amide bonds. The van der Waals surface area contributed by atoms with Crippen LogP contribution in [0, 0.1) is 5.82 Å². The van der Waals surface area contributed by atoms with Gasteiger partial charge in [0.25, 0.3) is 0 Å². The molecule has 0 aliphatic rings. The van der Waals surface area contributed by atoms with Gasteiger partial charge in [0.2, 0.25) is 0 Å². The van der Waals surface area contributed by atoms with Gasteiger partial charge in [-0.1, -0.05) is 0 Å². The van der Waals surface area contributed by atoms with E-state index < -0.39 is 0 Å². The van der Waals surface area contributed by atoms with Gasteiger partial charge in [0, 0.05) is 5.39 Å². The van der Waals surface area contributed by atoms with Crippen LogP contribution in [0.1, 0.15) is 0 Å². The molecule has 0 atom stereocenters. The topological polar surface area (TPSA) is 39.2 Å². The normalized spacial score (nSPS) is 10.6. The SMILES string of the molecule is Nc1coc2ccc(F)cc12. The molecule has 0 radical (unpaired) electrons. The van der Waals surface area contributed by atoms with E-state index in [1.807, 2.05) is 0 Å². The Kier molecular flexibility index (Phi) is 1.12. The maximum absolute atomic E-state index is 12.6. The molecular weight excluding hydrogens is 145 g/mol. The number of hydrogen-bond donors (Lipinski definition) is 1. The summed E-state index contributed by atoms with van der Waals surface area (Å²) in [6, 6.07) is 4.25. The Bertz CT molecular complexity index is 394. The number of nitrogen functional groups attached to an aromatic ring is 1. The molecule has 0 aliphatic heterocycles. The summed E-state index contributed by atoms with van der Waals surface area (Å²) >= 11 is 0. The minimum atomic E-state index is -0.300. The van der Waals surface area contributed by atoms with Crippen LogP contribution in [0.5, 0.6) is 0 Å². The van der Waals surface area contributed by atoms with Gasteiger partial charge in [0.05, 0.1) is 5.69 Å². The maximum Gasteiger partial charge on any atom is 0.136 e. The quantitative estimate of drug-likeness (QED) is 0.626. The van der Waals surface area contributed by atoms with Crippen LogP contribution in [-0.2, 0) is 0 Å². The summed E-state index contributed by atoms with van der Waals surface area (Å²) in [4.78, 5) is 0. The van der Waals surface area contributed by atoms with E-state index in [0.717, 1.165) is 0 Å². The van der Waals surface area contributed by atoms with Gasteiger partial charge in [-0.05, 0) is 18.2 Å². The minimum absolute atomic E-state index is 0.300. The van der Waals surface area contributed by atoms with Crippen molar-refractivity contribution in [3.63, 3.8) is 0 Å². The lowest BCUT2D eigenvalue weighted by atomic mass is 10.2. The molecule has 2 nitrogen and oxygen atoms in total. The molecule has 0 saturated carbocycles. The van der Waals surface area contributed by atoms with E-state index >= 15 is 0 Å². The van der Waals surface area contributed by atoms with Crippen molar-refractivity contribution >= 4 is 16.7 Å². The Labute approximate surface area is 62.4 Å². The molecule has 1 aromatic carbocycles. The van der Waals surface area contributed by atoms with E-state index in [2.05, 4.69) is 0 Å². The van der Waals surface area contributed by atoms with E-state index in [0.29, 0.717) is 16.7 Å². The molecule has 11 heavy (non-hydrogen) atoms. The van der Waals surface area contributed by atoms with Gasteiger partial charge in [0.1, 0.15) is 17.7 Å². The molecule has 2 rings (SSSR count). The Morgan fingerprint density at radius 2 is 2.18 bits per heavy atom. The third-order valence-electron chi connectivity index (χ3n) is 1.57. The van der Waals surface area contributed by atoms with Crippen molar-refractivity contribution in [2.45, 2.75) is 0 Å². The average Bonchev–Trinajstić information content (AvgIpc) is 2.33. The van der Waals surface area contributed by atoms with Crippen LogP contribution in [0.2, 0.25) is 0 Å². The molecule has 0 aliphatic carbocycles. The molecule has 0 unspecified atom stereocenters. The zero-order chi connectivity index (χ0) is 7.84. The fourth-order valence-electron chi connectivity index (χ4n) is 1.02. The number of furan rings is 1. The molecule has 2 N–H and O–H groups in total. The summed E-state index contributed by atoms with van der Waals surface area (Å²) < 4.78 is 17.6. The molecule has 0 spiro atoms. The van der Waals surface area contributed by atoms with Crippen LogP contribution in [-0.4, -0.2) is 0 Å². The lowest BCUT2D eigenvalue weighted by molar-refractivity contribution is 0.610. The summed E-state index contributed by atoms with van der Waals surface area (Å²) in [6.45, 7) is 0. The highest BCUT2D eigenvalue weighted by molar-refractivity contribution is 5.89. The van der Waals surface area contributed by atoms with Crippen molar-refractivity contribution in [2.24, 2.45) is 0 Å². The third kappa shape index (κ3) is 0.852. The Morgan fingerprint density at radius 1 is 1.36 bits per heavy atom. The summed E-state index contributed by atoms with van der Waals surface area (Å²) in [5.41, 5.74) is 6.57. The van der Waals surface area contributed by atoms with Gasteiger partial charge in [-0.15, -0.1) is 0 Å². The van der Waals surface area contributed by atoms with Crippen molar-refractivity contribution in [1.82, 2.24) is 0 Å². The van der Waals surface area contributed by atoms with Crippen molar-refractivity contribution in [3.05, 3.63) is 30.3 Å². The van der Waals surface area contributed by atoms with Gasteiger partial charge in [-0.2, -0.15) is 0 Å². The fourth-order valence-corrected chi connectivity index (χ4v) is 1.02. The predicted octanol–water partition coefficient (Wildman–Crippen LogP) is 2.15. The average molecular weight is 151 g/mol. The van der Waals surface area contributed by atoms with Crippen molar-refractivity contribution < 1.29 is 8.81 Å². The highest BCUT2D eigenvalue weighted by Gasteiger charge is 2.02. The van der Waals surface area contributed by atoms with Crippen LogP contribution >= 0.6 is 0 Å². The highest BCUT2D eigenvalue weighted by atomic mass is 19.1. The number of halogens is 1. The zero-order valence-electron chi connectivity index (χ0n) is 5.67. The second-order valence-corrected chi connectivity index (χ2v) is 2.33. The lowest BCUT2D eigenvalue weighted by Gasteiger charge is -1.88. The lowest BCUT2D eigenvalue weighted by Crippen LogP contribution is -1.80. The third-order valence-corrected chi connectivity index (χ3v) is 1.57. The second-order valence-electron chi connectivity index (χ2n) is 2.33. The largest absolute Gasteiger partial charge is 0.462 e. The first-order valence-corrected chi connectivity index (χ1v) is 3.19. The number of anilines is 1. The second kappa shape index (κ2) is 1.99. The van der Waals surface area contributed by atoms with Crippen LogP contribution in [0.25, 0.3) is 11.0 Å². The number of rotatable bonds is 0. The maximum atomic E-state index is 12.6. The van der Waals surface area contributed by atoms with Crippen molar-refractivity contribution in [2.75, 3.05) is 5.73 Å². The summed E-state index contributed by atoms with van der Waals surface area (Å²) in [5, 5.41) is 0.630. The Balaban J connectivity index is 2.87. The van der Waals surface area contributed by atoms with Crippen LogP contribution in [0.4, 0.5) is 10.1 Å². The minimum Gasteiger partial charge on any atom is -0.462 e. The van der Waals surface area contributed by atoms with Crippen LogP contribution in [0.15, 0.2) is 28.9 Å². The zero-order valence-corrected chi connectivity index (χ0v) is 5.67. The monoisotopic (exact) mass is 151 g/mol. The molecular formula is C8H6FNO. The number of hydrogen-bond acceptors (Lipinski definition) is 2. The molecule has 1 aromatic heterocycles. The number of benzene rings is 1. The fraction of sp³-hybridized carbons (Fsp3) is 0. The van der Waals surface area contributed by atoms with Gasteiger partial charge >= 0.3 is 0 Å². The first-order valence-electron chi connectivity index (χ1n) is 3.19. The van der Waals surface area contributed by atoms with E-state index in [9.17, 15) is 4.39 Å². The molecule has 0 saturated heterocycles. The Morgan fingerprint density at radius 3 is 3.00 bits per heavy atom. The van der Waals surface area contributed by atoms with Crippen LogP contribution < -0.4 is 5.73 Å². The van der Waals surface area contributed by atoms with Gasteiger partial charge < -0.3 is 10.2 Å². The van der Waals surface area contributed by atoms with E-state index in [1.54, 1.807) is 6.07 Å². The van der Waals surface area contributed by atoms with Crippen molar-refractivity contribution in [1.29, 1.82) is 0 Å². The first-order chi connectivity index (χ1) is 5.27. The Hall–Kier alpha value is -1.51. The van der Waals surface area contributed by atoms with Crippen LogP contribution in [0.3, 0.4) is 0 Å². The van der Waals surface area contributed by atoms with E-state index in [4.69, 9.17) is 10.2 Å². The molecule has 0 fully saturated rings. The number of nitrogens with two attached hydrogens (primary N) is 1. The molecule has 56 valence electrons. The smallest absolute Gasteiger partial charge is 0.136 e. The molecule has 1 heterocycles. The standard InChI is InChI=1S/C8H6FNO/c9-5-1-2-8-6(3-5)7(10)4-11-8/h1-4H,10H2. The molecule has 2 aromatic rings. The summed E-state index contributed by atoms with van der Waals surface area (Å²) in [7, 11) is 0. The molecule has 0 bridgehead atoms.